The van der Waals surface area contributed by atoms with Gasteiger partial charge in [-0.1, -0.05) is 12.1 Å². The van der Waals surface area contributed by atoms with Crippen molar-refractivity contribution in [2.75, 3.05) is 0 Å². The molecule has 2 aliphatic heterocycles. The van der Waals surface area contributed by atoms with E-state index in [1.807, 2.05) is 41.1 Å². The monoisotopic (exact) mass is 423 g/mol. The van der Waals surface area contributed by atoms with Crippen molar-refractivity contribution in [1.29, 1.82) is 5.26 Å². The Bertz CT molecular complexity index is 1270. The summed E-state index contributed by atoms with van der Waals surface area (Å²) < 4.78 is 7.91. The molecule has 0 amide bonds. The number of aliphatic imine (C=N–C) groups is 1. The third-order valence-corrected chi connectivity index (χ3v) is 5.74. The molecule has 0 aliphatic carbocycles. The largest absolute Gasteiger partial charge is 0.444 e. The van der Waals surface area contributed by atoms with Crippen molar-refractivity contribution in [3.05, 3.63) is 95.6 Å². The molecule has 8 heteroatoms. The first-order valence-corrected chi connectivity index (χ1v) is 10.4. The zero-order chi connectivity index (χ0) is 22.1. The van der Waals surface area contributed by atoms with Crippen molar-refractivity contribution in [1.82, 2.24) is 19.5 Å². The molecule has 0 saturated heterocycles. The minimum Gasteiger partial charge on any atom is -0.444 e. The van der Waals surface area contributed by atoms with Crippen LogP contribution in [0.15, 0.2) is 89.4 Å². The number of rotatable bonds is 3. The van der Waals surface area contributed by atoms with Crippen molar-refractivity contribution in [3.63, 3.8) is 0 Å². The van der Waals surface area contributed by atoms with Gasteiger partial charge < -0.3 is 15.0 Å². The highest BCUT2D eigenvalue weighted by Crippen LogP contribution is 2.43. The van der Waals surface area contributed by atoms with Gasteiger partial charge >= 0.3 is 0 Å². The Kier molecular flexibility index (Phi) is 5.00. The number of aromatic nitrogens is 4. The van der Waals surface area contributed by atoms with Crippen LogP contribution >= 0.6 is 0 Å². The van der Waals surface area contributed by atoms with Crippen LogP contribution in [0.25, 0.3) is 5.69 Å². The molecule has 8 nitrogen and oxygen atoms in total. The van der Waals surface area contributed by atoms with Crippen LogP contribution in [0.4, 0.5) is 0 Å². The van der Waals surface area contributed by atoms with Gasteiger partial charge in [-0.25, -0.2) is 15.0 Å². The van der Waals surface area contributed by atoms with Crippen molar-refractivity contribution in [2.24, 2.45) is 10.7 Å². The molecule has 3 aromatic rings. The molecule has 5 rings (SSSR count). The lowest BCUT2D eigenvalue weighted by Gasteiger charge is -2.29. The number of allylic oxidation sites excluding steroid dienone is 3. The van der Waals surface area contributed by atoms with E-state index in [2.05, 4.69) is 27.9 Å². The second kappa shape index (κ2) is 8.12. The van der Waals surface area contributed by atoms with E-state index in [0.29, 0.717) is 17.7 Å². The molecule has 2 unspecified atom stereocenters. The van der Waals surface area contributed by atoms with E-state index in [1.165, 1.54) is 6.33 Å². The average molecular weight is 423 g/mol. The Morgan fingerprint density at radius 2 is 2.00 bits per heavy atom. The summed E-state index contributed by atoms with van der Waals surface area (Å²) in [6, 6.07) is 12.2. The van der Waals surface area contributed by atoms with Gasteiger partial charge in [0.15, 0.2) is 0 Å². The number of benzene rings is 1. The fourth-order valence-electron chi connectivity index (χ4n) is 4.18. The van der Waals surface area contributed by atoms with E-state index in [0.717, 1.165) is 34.7 Å². The molecule has 2 atom stereocenters. The van der Waals surface area contributed by atoms with Crippen molar-refractivity contribution in [3.8, 4) is 11.8 Å². The predicted molar refractivity (Wildman–Crippen MR) is 119 cm³/mol. The molecule has 158 valence electrons. The summed E-state index contributed by atoms with van der Waals surface area (Å²) in [5.41, 5.74) is 10.8. The van der Waals surface area contributed by atoms with E-state index in [-0.39, 0.29) is 11.9 Å². The smallest absolute Gasteiger partial charge is 0.205 e. The van der Waals surface area contributed by atoms with E-state index in [4.69, 9.17) is 15.5 Å². The molecule has 0 radical (unpaired) electrons. The van der Waals surface area contributed by atoms with Gasteiger partial charge in [-0.15, -0.1) is 0 Å². The summed E-state index contributed by atoms with van der Waals surface area (Å²) in [6.45, 7) is 2.07. The highest BCUT2D eigenvalue weighted by molar-refractivity contribution is 6.13. The molecular formula is C24H21N7O. The van der Waals surface area contributed by atoms with Gasteiger partial charge in [-0.3, -0.25) is 4.99 Å². The van der Waals surface area contributed by atoms with Crippen LogP contribution in [0, 0.1) is 11.3 Å². The Labute approximate surface area is 185 Å². The van der Waals surface area contributed by atoms with Gasteiger partial charge in [0.25, 0.3) is 0 Å². The van der Waals surface area contributed by atoms with Crippen molar-refractivity contribution < 1.29 is 4.74 Å². The van der Waals surface area contributed by atoms with Crippen molar-refractivity contribution >= 4 is 5.71 Å². The Balaban J connectivity index is 1.67. The summed E-state index contributed by atoms with van der Waals surface area (Å²) in [4.78, 5) is 17.5. The van der Waals surface area contributed by atoms with Crippen LogP contribution in [0.5, 0.6) is 0 Å². The minimum absolute atomic E-state index is 0.0743. The first kappa shape index (κ1) is 19.7. The quantitative estimate of drug-likeness (QED) is 0.690. The fraction of sp³-hybridized carbons (Fsp3) is 0.208. The summed E-state index contributed by atoms with van der Waals surface area (Å²) in [7, 11) is 0. The molecule has 0 bridgehead atoms. The summed E-state index contributed by atoms with van der Waals surface area (Å²) in [5.74, 6) is 0.484. The van der Waals surface area contributed by atoms with Gasteiger partial charge in [-0.2, -0.15) is 5.26 Å². The number of nitrogens with zero attached hydrogens (tertiary/aromatic N) is 6. The van der Waals surface area contributed by atoms with Gasteiger partial charge in [0, 0.05) is 42.3 Å². The number of hydrogen-bond acceptors (Lipinski definition) is 7. The van der Waals surface area contributed by atoms with Crippen LogP contribution in [0.2, 0.25) is 0 Å². The lowest BCUT2D eigenvalue weighted by atomic mass is 9.79. The van der Waals surface area contributed by atoms with Crippen molar-refractivity contribution in [2.45, 2.75) is 31.7 Å². The normalized spacial score (nSPS) is 20.7. The van der Waals surface area contributed by atoms with Crippen LogP contribution in [-0.2, 0) is 4.74 Å². The second-order valence-corrected chi connectivity index (χ2v) is 7.78. The Morgan fingerprint density at radius 3 is 2.69 bits per heavy atom. The Morgan fingerprint density at radius 1 is 1.16 bits per heavy atom. The molecule has 4 heterocycles. The van der Waals surface area contributed by atoms with E-state index < -0.39 is 5.92 Å². The van der Waals surface area contributed by atoms with E-state index >= 15 is 0 Å². The number of nitriles is 1. The zero-order valence-corrected chi connectivity index (χ0v) is 17.5. The third kappa shape index (κ3) is 3.44. The lowest BCUT2D eigenvalue weighted by Crippen LogP contribution is -2.25. The molecular weight excluding hydrogens is 402 g/mol. The number of hydrogen-bond donors (Lipinski definition) is 1. The molecule has 2 N–H and O–H groups in total. The third-order valence-electron chi connectivity index (χ3n) is 5.74. The maximum Gasteiger partial charge on any atom is 0.205 e. The van der Waals surface area contributed by atoms with E-state index in [1.54, 1.807) is 18.7 Å². The Hall–Kier alpha value is -4.25. The summed E-state index contributed by atoms with van der Waals surface area (Å²) in [5, 5.41) is 10.00. The van der Waals surface area contributed by atoms with Crippen LogP contribution < -0.4 is 5.73 Å². The SMILES string of the molecule is CC1CCC2=C(C(c3ccncn3)=N1)C(c1ccc(-n3ccnc3)cc1)C(C#N)=C(N)O2. The zero-order valence-electron chi connectivity index (χ0n) is 17.5. The highest BCUT2D eigenvalue weighted by Gasteiger charge is 2.37. The number of imidazole rings is 1. The first-order valence-electron chi connectivity index (χ1n) is 10.4. The molecule has 2 aliphatic rings. The maximum absolute atomic E-state index is 10.00. The molecule has 32 heavy (non-hydrogen) atoms. The second-order valence-electron chi connectivity index (χ2n) is 7.78. The van der Waals surface area contributed by atoms with Gasteiger partial charge in [0.2, 0.25) is 5.88 Å². The molecule has 0 spiro atoms. The van der Waals surface area contributed by atoms with Gasteiger partial charge in [0.05, 0.1) is 23.7 Å². The topological polar surface area (TPSA) is 115 Å². The first-order chi connectivity index (χ1) is 15.7. The number of ether oxygens (including phenoxy) is 1. The van der Waals surface area contributed by atoms with Crippen LogP contribution in [-0.4, -0.2) is 31.3 Å². The fourth-order valence-corrected chi connectivity index (χ4v) is 4.18. The van der Waals surface area contributed by atoms with Gasteiger partial charge in [0.1, 0.15) is 23.7 Å². The van der Waals surface area contributed by atoms with E-state index in [9.17, 15) is 5.26 Å². The molecule has 0 fully saturated rings. The average Bonchev–Trinajstić information content (AvgIpc) is 3.31. The minimum atomic E-state index is -0.403. The van der Waals surface area contributed by atoms with Crippen LogP contribution in [0.1, 0.15) is 36.9 Å². The summed E-state index contributed by atoms with van der Waals surface area (Å²) >= 11 is 0. The van der Waals surface area contributed by atoms with Crippen LogP contribution in [0.3, 0.4) is 0 Å². The maximum atomic E-state index is 10.00. The summed E-state index contributed by atoms with van der Waals surface area (Å²) in [6.07, 6.45) is 10.0. The molecule has 2 aromatic heterocycles. The highest BCUT2D eigenvalue weighted by atomic mass is 16.5. The van der Waals surface area contributed by atoms with Gasteiger partial charge in [-0.05, 0) is 37.1 Å². The molecule has 1 aromatic carbocycles. The molecule has 0 saturated carbocycles. The number of nitrogens with two attached hydrogens (primary N) is 1. The lowest BCUT2D eigenvalue weighted by molar-refractivity contribution is 0.265. The predicted octanol–water partition coefficient (Wildman–Crippen LogP) is 3.40. The standard InChI is InChI=1S/C24H21N7O/c1-15-2-7-20-22(23(30-15)19-8-9-27-13-29-19)21(18(12-25)24(26)32-20)16-3-5-17(6-4-16)31-11-10-28-14-31/h3-6,8-11,13-15,21H,2,7,26H2,1H3.